The molecule has 0 bridgehead atoms. The summed E-state index contributed by atoms with van der Waals surface area (Å²) in [6, 6.07) is 9.48. The molecule has 1 atom stereocenters. The number of anilines is 2. The van der Waals surface area contributed by atoms with E-state index in [1.807, 2.05) is 35.1 Å². The van der Waals surface area contributed by atoms with Crippen LogP contribution in [0.25, 0.3) is 5.57 Å². The topological polar surface area (TPSA) is 133 Å². The van der Waals surface area contributed by atoms with Crippen LogP contribution in [0.3, 0.4) is 0 Å². The van der Waals surface area contributed by atoms with Gasteiger partial charge in [-0.15, -0.1) is 0 Å². The molecule has 1 aliphatic heterocycles. The van der Waals surface area contributed by atoms with Gasteiger partial charge in [0.25, 0.3) is 0 Å². The molecule has 2 aromatic heterocycles. The molecule has 0 amide bonds. The molecule has 5 N–H and O–H groups in total. The number of aromatic nitrogens is 4. The second-order valence-corrected chi connectivity index (χ2v) is 7.35. The number of hydrogen-bond acceptors (Lipinski definition) is 8. The van der Waals surface area contributed by atoms with Gasteiger partial charge in [0, 0.05) is 67.8 Å². The van der Waals surface area contributed by atoms with Crippen molar-refractivity contribution in [3.05, 3.63) is 72.1 Å². The van der Waals surface area contributed by atoms with Crippen LogP contribution in [0.2, 0.25) is 0 Å². The average Bonchev–Trinajstić information content (AvgIpc) is 3.49. The molecule has 1 aliphatic rings. The molecule has 1 fully saturated rings. The number of nitrogens with zero attached hydrogens (tertiary/aromatic N) is 5. The van der Waals surface area contributed by atoms with Gasteiger partial charge in [-0.25, -0.2) is 9.97 Å². The van der Waals surface area contributed by atoms with Gasteiger partial charge < -0.3 is 21.4 Å². The van der Waals surface area contributed by atoms with E-state index < -0.39 is 0 Å². The Balaban J connectivity index is 1.59. The number of rotatable bonds is 7. The first-order valence-corrected chi connectivity index (χ1v) is 10.0. The van der Waals surface area contributed by atoms with Crippen molar-refractivity contribution in [2.24, 2.45) is 0 Å². The maximum Gasteiger partial charge on any atom is 0.132 e. The van der Waals surface area contributed by atoms with Crippen molar-refractivity contribution < 1.29 is 0 Å². The molecular formula is C22H25N9. The van der Waals surface area contributed by atoms with Crippen LogP contribution in [0.15, 0.2) is 55.3 Å². The molecule has 0 aliphatic carbocycles. The van der Waals surface area contributed by atoms with Gasteiger partial charge in [-0.05, 0) is 30.2 Å². The molecule has 3 heterocycles. The molecule has 1 unspecified atom stereocenters. The lowest BCUT2D eigenvalue weighted by molar-refractivity contribution is 0.494. The Hall–Kier alpha value is -4.01. The van der Waals surface area contributed by atoms with E-state index in [2.05, 4.69) is 25.3 Å². The Bertz CT molecular complexity index is 1120. The van der Waals surface area contributed by atoms with Gasteiger partial charge in [0.1, 0.15) is 12.1 Å². The van der Waals surface area contributed by atoms with Crippen molar-refractivity contribution in [3.63, 3.8) is 0 Å². The van der Waals surface area contributed by atoms with Crippen molar-refractivity contribution in [3.8, 4) is 0 Å². The normalized spacial score (nSPS) is 16.4. The van der Waals surface area contributed by atoms with Crippen LogP contribution in [0.4, 0.5) is 11.5 Å². The number of allylic oxidation sites excluding steroid dienone is 1. The molecular weight excluding hydrogens is 390 g/mol. The maximum atomic E-state index is 8.73. The van der Waals surface area contributed by atoms with Crippen LogP contribution in [0.1, 0.15) is 29.3 Å². The second-order valence-electron chi connectivity index (χ2n) is 7.35. The molecule has 1 aromatic carbocycles. The summed E-state index contributed by atoms with van der Waals surface area (Å²) in [5.41, 5.74) is 9.46. The van der Waals surface area contributed by atoms with E-state index in [-0.39, 0.29) is 5.71 Å². The van der Waals surface area contributed by atoms with Gasteiger partial charge >= 0.3 is 0 Å². The molecule has 0 radical (unpaired) electrons. The zero-order chi connectivity index (χ0) is 21.8. The lowest BCUT2D eigenvalue weighted by Gasteiger charge is -2.18. The van der Waals surface area contributed by atoms with Crippen LogP contribution in [0.5, 0.6) is 0 Å². The minimum absolute atomic E-state index is 0.222. The lowest BCUT2D eigenvalue weighted by atomic mass is 9.98. The molecule has 0 saturated carbocycles. The van der Waals surface area contributed by atoms with E-state index >= 15 is 0 Å². The third-order valence-electron chi connectivity index (χ3n) is 5.41. The summed E-state index contributed by atoms with van der Waals surface area (Å²) in [5.74, 6) is 0.786. The molecule has 9 nitrogen and oxygen atoms in total. The van der Waals surface area contributed by atoms with Crippen LogP contribution < -0.4 is 16.0 Å². The zero-order valence-corrected chi connectivity index (χ0v) is 17.3. The summed E-state index contributed by atoms with van der Waals surface area (Å²) < 4.78 is 1.98. The molecule has 1 saturated heterocycles. The van der Waals surface area contributed by atoms with Crippen molar-refractivity contribution in [1.82, 2.24) is 25.1 Å². The monoisotopic (exact) mass is 415 g/mol. The highest BCUT2D eigenvalue weighted by Gasteiger charge is 2.25. The standard InChI is InChI=1S/C22H25N9/c1-26-12-16(11-23)15-3-4-19(24)18(9-15)22(25)20-10-21(28-14-27-20)30-8-5-17(13-30)31-7-2-6-29-31/h2-4,6-7,9-12,14,17,23,25-26H,5,8,13,24H2,1H3/b16-12+,23-11?,25-22?. The van der Waals surface area contributed by atoms with Crippen molar-refractivity contribution in [1.29, 1.82) is 10.8 Å². The Labute approximate surface area is 180 Å². The number of nitrogen functional groups attached to an aromatic ring is 1. The minimum Gasteiger partial charge on any atom is -0.398 e. The van der Waals surface area contributed by atoms with E-state index in [0.717, 1.165) is 30.9 Å². The molecule has 3 aromatic rings. The SMILES string of the molecule is CN/C=C(\C=N)c1ccc(N)c(C(=N)c2cc(N3CCC(n4cccn4)C3)ncn2)c1. The van der Waals surface area contributed by atoms with Crippen LogP contribution in [0, 0.1) is 10.8 Å². The van der Waals surface area contributed by atoms with Gasteiger partial charge in [-0.1, -0.05) is 6.07 Å². The largest absolute Gasteiger partial charge is 0.398 e. The fourth-order valence-electron chi connectivity index (χ4n) is 3.77. The molecule has 0 spiro atoms. The van der Waals surface area contributed by atoms with Crippen molar-refractivity contribution in [2.75, 3.05) is 30.8 Å². The van der Waals surface area contributed by atoms with Crippen LogP contribution in [-0.2, 0) is 0 Å². The van der Waals surface area contributed by atoms with E-state index in [1.54, 1.807) is 25.5 Å². The third kappa shape index (κ3) is 4.16. The first-order chi connectivity index (χ1) is 15.1. The minimum atomic E-state index is 0.222. The smallest absolute Gasteiger partial charge is 0.132 e. The van der Waals surface area contributed by atoms with E-state index in [0.29, 0.717) is 28.6 Å². The maximum absolute atomic E-state index is 8.73. The highest BCUT2D eigenvalue weighted by atomic mass is 15.3. The van der Waals surface area contributed by atoms with Crippen molar-refractivity contribution >= 4 is 29.0 Å². The first-order valence-electron chi connectivity index (χ1n) is 10.0. The second kappa shape index (κ2) is 8.78. The summed E-state index contributed by atoms with van der Waals surface area (Å²) in [7, 11) is 1.78. The Morgan fingerprint density at radius 2 is 2.16 bits per heavy atom. The van der Waals surface area contributed by atoms with Crippen LogP contribution >= 0.6 is 0 Å². The van der Waals surface area contributed by atoms with Crippen LogP contribution in [-0.4, -0.2) is 51.8 Å². The number of nitrogens with one attached hydrogen (secondary N) is 3. The highest BCUT2D eigenvalue weighted by molar-refractivity contribution is 6.15. The molecule has 158 valence electrons. The third-order valence-corrected chi connectivity index (χ3v) is 5.41. The quantitative estimate of drug-likeness (QED) is 0.346. The number of nitrogens with two attached hydrogens (primary N) is 1. The van der Waals surface area contributed by atoms with Crippen molar-refractivity contribution in [2.45, 2.75) is 12.5 Å². The predicted molar refractivity (Wildman–Crippen MR) is 123 cm³/mol. The van der Waals surface area contributed by atoms with Gasteiger partial charge in [-0.3, -0.25) is 10.1 Å². The van der Waals surface area contributed by atoms with E-state index in [9.17, 15) is 0 Å². The average molecular weight is 416 g/mol. The molecule has 9 heteroatoms. The van der Waals surface area contributed by atoms with E-state index in [4.69, 9.17) is 16.6 Å². The summed E-state index contributed by atoms with van der Waals surface area (Å²) in [5, 5.41) is 23.7. The molecule has 31 heavy (non-hydrogen) atoms. The first kappa shape index (κ1) is 20.3. The fourth-order valence-corrected chi connectivity index (χ4v) is 3.77. The van der Waals surface area contributed by atoms with E-state index in [1.165, 1.54) is 12.5 Å². The Kier molecular flexibility index (Phi) is 5.74. The number of benzene rings is 1. The van der Waals surface area contributed by atoms with Gasteiger partial charge in [-0.2, -0.15) is 5.10 Å². The summed E-state index contributed by atoms with van der Waals surface area (Å²) >= 11 is 0. The zero-order valence-electron chi connectivity index (χ0n) is 17.3. The van der Waals surface area contributed by atoms with Gasteiger partial charge in [0.2, 0.25) is 0 Å². The highest BCUT2D eigenvalue weighted by Crippen LogP contribution is 2.26. The lowest BCUT2D eigenvalue weighted by Crippen LogP contribution is -2.22. The predicted octanol–water partition coefficient (Wildman–Crippen LogP) is 2.33. The fraction of sp³-hybridized carbons (Fsp3) is 0.227. The summed E-state index contributed by atoms with van der Waals surface area (Å²) in [4.78, 5) is 10.9. The Morgan fingerprint density at radius 3 is 2.90 bits per heavy atom. The number of hydrogen-bond donors (Lipinski definition) is 4. The van der Waals surface area contributed by atoms with Gasteiger partial charge in [0.05, 0.1) is 17.4 Å². The summed E-state index contributed by atoms with van der Waals surface area (Å²) in [6.07, 6.45) is 9.25. The van der Waals surface area contributed by atoms with Gasteiger partial charge in [0.15, 0.2) is 0 Å². The molecule has 4 rings (SSSR count). The Morgan fingerprint density at radius 1 is 1.29 bits per heavy atom. The summed E-state index contributed by atoms with van der Waals surface area (Å²) in [6.45, 7) is 1.67.